The van der Waals surface area contributed by atoms with Gasteiger partial charge in [-0.2, -0.15) is 8.42 Å². The van der Waals surface area contributed by atoms with Crippen LogP contribution in [0.25, 0.3) is 17.2 Å². The average molecular weight is 1010 g/mol. The number of carbonyl (C=O) groups is 5. The third-order valence-corrected chi connectivity index (χ3v) is 14.1. The lowest BCUT2D eigenvalue weighted by Crippen LogP contribution is -2.44. The zero-order valence-electron chi connectivity index (χ0n) is 39.8. The standard InChI is InChI=1S/C49H46F2N4O5S.C7H8O3S/c1-31(2)28-54(29-35-12-6-7-13-39(35)34-10-4-3-5-11-34)38-26-37(27-52-45(56)23-20-32-16-18-33(19-17-32)24-44-47(58)53-49(60)61-44)55(30-38)48(59)41-15-9-8-14-40(41)46(57)42-22-21-36(50)25-43(42)51;1-6-2-4-7(5-3-6)11(8,9)10/h3-23,25,31,37-38,44H,24,26-30H2,1-2H3,(H,52,56)(H,53,58,60);2-5H,1H3,(H,8,9,10)/b23-20+;/t37-,38+,44?;/m0./s1. The Morgan fingerprint density at radius 3 is 2.17 bits per heavy atom. The van der Waals surface area contributed by atoms with Crippen molar-refractivity contribution in [3.8, 4) is 11.1 Å². The number of halogens is 2. The quantitative estimate of drug-likeness (QED) is 0.0482. The van der Waals surface area contributed by atoms with Crippen molar-refractivity contribution in [2.75, 3.05) is 19.6 Å². The highest BCUT2D eigenvalue weighted by Crippen LogP contribution is 2.31. The maximum absolute atomic E-state index is 14.9. The molecule has 16 heteroatoms. The van der Waals surface area contributed by atoms with Crippen LogP contribution in [0.3, 0.4) is 0 Å². The molecular formula is C56H54F2N4O8S2. The van der Waals surface area contributed by atoms with Gasteiger partial charge >= 0.3 is 0 Å². The number of likely N-dealkylation sites (tertiary alicyclic amines) is 1. The van der Waals surface area contributed by atoms with E-state index in [0.717, 1.165) is 63.8 Å². The fourth-order valence-corrected chi connectivity index (χ4v) is 10.0. The van der Waals surface area contributed by atoms with E-state index in [2.05, 4.69) is 53.6 Å². The molecule has 0 bridgehead atoms. The molecule has 3 atom stereocenters. The number of carbonyl (C=O) groups excluding carboxylic acids is 5. The fraction of sp³-hybridized carbons (Fsp3) is 0.232. The van der Waals surface area contributed by atoms with Crippen LogP contribution in [0.1, 0.15) is 68.8 Å². The molecule has 0 aromatic heterocycles. The summed E-state index contributed by atoms with van der Waals surface area (Å²) < 4.78 is 58.2. The minimum atomic E-state index is -4.02. The van der Waals surface area contributed by atoms with Gasteiger partial charge in [-0.1, -0.05) is 140 Å². The molecule has 0 spiro atoms. The lowest BCUT2D eigenvalue weighted by molar-refractivity contribution is -0.119. The Balaban J connectivity index is 0.000000611. The van der Waals surface area contributed by atoms with Crippen LogP contribution in [0.15, 0.2) is 157 Å². The molecule has 2 fully saturated rings. The van der Waals surface area contributed by atoms with E-state index in [1.54, 1.807) is 35.2 Å². The van der Waals surface area contributed by atoms with Crippen molar-refractivity contribution in [3.05, 3.63) is 202 Å². The van der Waals surface area contributed by atoms with E-state index in [9.17, 15) is 41.2 Å². The van der Waals surface area contributed by atoms with Crippen LogP contribution < -0.4 is 10.6 Å². The third kappa shape index (κ3) is 13.8. The summed E-state index contributed by atoms with van der Waals surface area (Å²) in [6.45, 7) is 7.93. The van der Waals surface area contributed by atoms with Gasteiger partial charge < -0.3 is 10.2 Å². The zero-order valence-corrected chi connectivity index (χ0v) is 41.5. The van der Waals surface area contributed by atoms with Crippen molar-refractivity contribution in [3.63, 3.8) is 0 Å². The van der Waals surface area contributed by atoms with E-state index in [0.29, 0.717) is 37.9 Å². The zero-order chi connectivity index (χ0) is 51.5. The lowest BCUT2D eigenvalue weighted by Gasteiger charge is -2.31. The van der Waals surface area contributed by atoms with Crippen LogP contribution >= 0.6 is 11.8 Å². The Morgan fingerprint density at radius 1 is 0.847 bits per heavy atom. The predicted octanol–water partition coefficient (Wildman–Crippen LogP) is 9.57. The summed E-state index contributed by atoms with van der Waals surface area (Å²) >= 11 is 0.975. The van der Waals surface area contributed by atoms with Crippen molar-refractivity contribution < 1.29 is 45.7 Å². The van der Waals surface area contributed by atoms with Gasteiger partial charge in [-0.05, 0) is 89.9 Å². The molecule has 6 aromatic carbocycles. The summed E-state index contributed by atoms with van der Waals surface area (Å²) in [5, 5.41) is 4.46. The van der Waals surface area contributed by atoms with E-state index in [4.69, 9.17) is 4.55 Å². The summed E-state index contributed by atoms with van der Waals surface area (Å²) in [5.74, 6) is -3.39. The van der Waals surface area contributed by atoms with Gasteiger partial charge in [0.25, 0.3) is 21.3 Å². The fourth-order valence-electron chi connectivity index (χ4n) is 8.69. The highest BCUT2D eigenvalue weighted by molar-refractivity contribution is 8.15. The van der Waals surface area contributed by atoms with Crippen LogP contribution in [0.2, 0.25) is 0 Å². The summed E-state index contributed by atoms with van der Waals surface area (Å²) in [6.07, 6.45) is 4.03. The van der Waals surface area contributed by atoms with E-state index in [1.807, 2.05) is 61.5 Å². The predicted molar refractivity (Wildman–Crippen MR) is 275 cm³/mol. The molecule has 2 heterocycles. The summed E-state index contributed by atoms with van der Waals surface area (Å²) in [6, 6.07) is 40.2. The number of hydrogen-bond acceptors (Lipinski definition) is 9. The minimum absolute atomic E-state index is 0.00669. The van der Waals surface area contributed by atoms with Crippen molar-refractivity contribution >= 4 is 56.7 Å². The second-order valence-corrected chi connectivity index (χ2v) is 20.6. The van der Waals surface area contributed by atoms with Crippen LogP contribution in [0.5, 0.6) is 0 Å². The van der Waals surface area contributed by atoms with Gasteiger partial charge in [0.05, 0.1) is 27.3 Å². The number of amides is 4. The first kappa shape index (κ1) is 52.7. The number of nitrogens with zero attached hydrogens (tertiary/aromatic N) is 2. The molecule has 2 saturated heterocycles. The van der Waals surface area contributed by atoms with Gasteiger partial charge in [-0.3, -0.25) is 38.7 Å². The van der Waals surface area contributed by atoms with Gasteiger partial charge in [-0.15, -0.1) is 0 Å². The number of aryl methyl sites for hydroxylation is 1. The average Bonchev–Trinajstić information content (AvgIpc) is 3.93. The molecule has 0 aliphatic carbocycles. The lowest BCUT2D eigenvalue weighted by atomic mass is 9.97. The third-order valence-electron chi connectivity index (χ3n) is 12.2. The van der Waals surface area contributed by atoms with Crippen LogP contribution in [-0.4, -0.2) is 88.5 Å². The molecular weight excluding hydrogens is 959 g/mol. The van der Waals surface area contributed by atoms with Gasteiger partial charge in [0.1, 0.15) is 11.6 Å². The first-order chi connectivity index (χ1) is 34.4. The Morgan fingerprint density at radius 2 is 1.51 bits per heavy atom. The van der Waals surface area contributed by atoms with Gasteiger partial charge in [-0.25, -0.2) is 8.78 Å². The Kier molecular flexibility index (Phi) is 17.5. The normalized spacial score (nSPS) is 16.7. The maximum Gasteiger partial charge on any atom is 0.294 e. The number of rotatable bonds is 16. The Bertz CT molecular complexity index is 3080. The molecule has 8 rings (SSSR count). The second kappa shape index (κ2) is 23.9. The largest absolute Gasteiger partial charge is 0.350 e. The number of hydrogen-bond donors (Lipinski definition) is 3. The smallest absolute Gasteiger partial charge is 0.294 e. The van der Waals surface area contributed by atoms with Crippen molar-refractivity contribution in [2.24, 2.45) is 5.92 Å². The number of nitrogens with one attached hydrogen (secondary N) is 2. The van der Waals surface area contributed by atoms with E-state index in [-0.39, 0.29) is 51.2 Å². The molecule has 1 unspecified atom stereocenters. The van der Waals surface area contributed by atoms with Crippen molar-refractivity contribution in [1.82, 2.24) is 20.4 Å². The van der Waals surface area contributed by atoms with E-state index < -0.39 is 44.7 Å². The molecule has 0 saturated carbocycles. The SMILES string of the molecule is CC(C)CN(Cc1ccccc1-c1ccccc1)[C@@H]1C[C@@H](CNC(=O)/C=C/c2ccc(CC3SC(=O)NC3=O)cc2)N(C(=O)c2ccccc2C(=O)c2ccc(F)cc2F)C1.Cc1ccc(S(=O)(=O)O)cc1. The highest BCUT2D eigenvalue weighted by Gasteiger charge is 2.40. The number of thioether (sulfide) groups is 1. The van der Waals surface area contributed by atoms with Crippen molar-refractivity contribution in [2.45, 2.75) is 62.4 Å². The maximum atomic E-state index is 14.9. The molecule has 2 aliphatic heterocycles. The molecule has 2 aliphatic rings. The summed E-state index contributed by atoms with van der Waals surface area (Å²) in [7, 11) is -4.02. The van der Waals surface area contributed by atoms with Crippen LogP contribution in [0.4, 0.5) is 13.6 Å². The number of ketones is 1. The molecule has 12 nitrogen and oxygen atoms in total. The topological polar surface area (TPSA) is 170 Å². The van der Waals surface area contributed by atoms with Crippen LogP contribution in [-0.2, 0) is 32.7 Å². The molecule has 372 valence electrons. The van der Waals surface area contributed by atoms with Crippen LogP contribution in [0, 0.1) is 24.5 Å². The minimum Gasteiger partial charge on any atom is -0.350 e. The van der Waals surface area contributed by atoms with E-state index in [1.165, 1.54) is 30.3 Å². The molecule has 4 amide bonds. The molecule has 72 heavy (non-hydrogen) atoms. The first-order valence-electron chi connectivity index (χ1n) is 23.3. The molecule has 0 radical (unpaired) electrons. The number of imide groups is 1. The first-order valence-corrected chi connectivity index (χ1v) is 25.6. The van der Waals surface area contributed by atoms with Gasteiger partial charge in [0.2, 0.25) is 11.8 Å². The molecule has 3 N–H and O–H groups in total. The van der Waals surface area contributed by atoms with Gasteiger partial charge in [0, 0.05) is 49.9 Å². The summed E-state index contributed by atoms with van der Waals surface area (Å²) in [4.78, 5) is 69.3. The Hall–Kier alpha value is -7.11. The highest BCUT2D eigenvalue weighted by atomic mass is 32.2. The van der Waals surface area contributed by atoms with E-state index >= 15 is 0 Å². The van der Waals surface area contributed by atoms with Crippen molar-refractivity contribution in [1.29, 1.82) is 0 Å². The number of benzene rings is 6. The molecule has 6 aromatic rings. The second-order valence-electron chi connectivity index (χ2n) is 18.0. The monoisotopic (exact) mass is 1010 g/mol. The van der Waals surface area contributed by atoms with Gasteiger partial charge in [0.15, 0.2) is 5.78 Å². The summed E-state index contributed by atoms with van der Waals surface area (Å²) in [5.41, 5.74) is 5.68. The Labute approximate surface area is 422 Å².